The van der Waals surface area contributed by atoms with E-state index in [1.807, 2.05) is 0 Å². The molecule has 1 rings (SSSR count). The molecule has 0 fully saturated rings. The number of hydrogen-bond donors (Lipinski definition) is 1. The van der Waals surface area contributed by atoms with Gasteiger partial charge in [-0.15, -0.1) is 0 Å². The maximum Gasteiger partial charge on any atom is 0.221 e. The van der Waals surface area contributed by atoms with Gasteiger partial charge in [0.25, 0.3) is 0 Å². The topological polar surface area (TPSA) is 50.2 Å². The van der Waals surface area contributed by atoms with Crippen LogP contribution in [0.15, 0.2) is 16.7 Å². The van der Waals surface area contributed by atoms with Crippen LogP contribution in [0.3, 0.4) is 0 Å². The van der Waals surface area contributed by atoms with Crippen LogP contribution < -0.4 is 0 Å². The number of aromatic hydroxyl groups is 1. The summed E-state index contributed by atoms with van der Waals surface area (Å²) >= 11 is 6.16. The molecule has 0 atom stereocenters. The van der Waals surface area contributed by atoms with E-state index in [0.29, 0.717) is 4.47 Å². The highest BCUT2D eigenvalue weighted by Gasteiger charge is 2.10. The van der Waals surface area contributed by atoms with Gasteiger partial charge in [0.05, 0.1) is 10.9 Å². The van der Waals surface area contributed by atoms with Gasteiger partial charge in [0, 0.05) is 10.7 Å². The first kappa shape index (κ1) is 9.67. The molecule has 1 aromatic heterocycles. The second-order valence-electron chi connectivity index (χ2n) is 2.08. The number of carbonyl (C=O) groups excluding carboxylic acids is 1. The van der Waals surface area contributed by atoms with Crippen molar-refractivity contribution >= 4 is 37.6 Å². The lowest BCUT2D eigenvalue weighted by atomic mass is 10.2. The summed E-state index contributed by atoms with van der Waals surface area (Å²) in [5.74, 6) is -0.427. The monoisotopic (exact) mass is 293 g/mol. The number of nitrogens with zero attached hydrogens (tertiary/aromatic N) is 1. The normalized spacial score (nSPS) is 9.83. The molecule has 1 N–H and O–H groups in total. The van der Waals surface area contributed by atoms with Gasteiger partial charge >= 0.3 is 0 Å². The minimum Gasteiger partial charge on any atom is -0.493 e. The Hall–Kier alpha value is -0.420. The number of alkyl halides is 1. The van der Waals surface area contributed by atoms with Crippen molar-refractivity contribution in [1.29, 1.82) is 0 Å². The van der Waals surface area contributed by atoms with Gasteiger partial charge < -0.3 is 5.11 Å². The Labute approximate surface area is 86.1 Å². The van der Waals surface area contributed by atoms with E-state index in [2.05, 4.69) is 36.8 Å². The molecule has 0 spiro atoms. The first-order chi connectivity index (χ1) is 5.65. The van der Waals surface area contributed by atoms with Crippen LogP contribution in [0.25, 0.3) is 0 Å². The van der Waals surface area contributed by atoms with Gasteiger partial charge in [-0.25, -0.2) is 4.98 Å². The van der Waals surface area contributed by atoms with E-state index in [1.54, 1.807) is 0 Å². The summed E-state index contributed by atoms with van der Waals surface area (Å²) in [4.78, 5) is 14.7. The zero-order chi connectivity index (χ0) is 9.14. The molecule has 1 heterocycles. The second kappa shape index (κ2) is 4.00. The molecule has 0 saturated carbocycles. The minimum absolute atomic E-state index is 0.179. The number of halogens is 2. The van der Waals surface area contributed by atoms with Crippen LogP contribution in [0.5, 0.6) is 5.88 Å². The molecule has 3 nitrogen and oxygen atoms in total. The van der Waals surface area contributed by atoms with E-state index in [0.717, 1.165) is 0 Å². The third kappa shape index (κ3) is 2.04. The predicted octanol–water partition coefficient (Wildman–Crippen LogP) is 2.13. The van der Waals surface area contributed by atoms with Crippen LogP contribution in [0.2, 0.25) is 0 Å². The van der Waals surface area contributed by atoms with Crippen molar-refractivity contribution in [3.05, 3.63) is 22.3 Å². The van der Waals surface area contributed by atoms with Gasteiger partial charge in [0.15, 0.2) is 5.78 Å². The summed E-state index contributed by atoms with van der Waals surface area (Å²) in [6.45, 7) is 0. The molecule has 0 unspecified atom stereocenters. The Morgan fingerprint density at radius 2 is 2.33 bits per heavy atom. The van der Waals surface area contributed by atoms with E-state index in [9.17, 15) is 4.79 Å². The Morgan fingerprint density at radius 1 is 1.67 bits per heavy atom. The molecule has 0 aliphatic rings. The summed E-state index contributed by atoms with van der Waals surface area (Å²) in [5.41, 5.74) is 0.223. The van der Waals surface area contributed by atoms with Gasteiger partial charge in [0.2, 0.25) is 5.88 Å². The molecule has 0 aromatic carbocycles. The third-order valence-corrected chi connectivity index (χ3v) is 2.20. The first-order valence-corrected chi connectivity index (χ1v) is 5.00. The number of pyridine rings is 1. The zero-order valence-corrected chi connectivity index (χ0v) is 9.09. The lowest BCUT2D eigenvalue weighted by molar-refractivity contribution is 0.102. The molecule has 0 bridgehead atoms. The highest BCUT2D eigenvalue weighted by molar-refractivity contribution is 9.10. The van der Waals surface area contributed by atoms with Gasteiger partial charge in [-0.1, -0.05) is 15.9 Å². The summed E-state index contributed by atoms with van der Waals surface area (Å²) in [6, 6.07) is 1.53. The lowest BCUT2D eigenvalue weighted by Gasteiger charge is -1.99. The van der Waals surface area contributed by atoms with Crippen LogP contribution in [0.1, 0.15) is 10.4 Å². The number of aromatic nitrogens is 1. The molecular formula is C7H5Br2NO2. The number of rotatable bonds is 2. The van der Waals surface area contributed by atoms with Gasteiger partial charge in [-0.3, -0.25) is 4.79 Å². The number of Topliss-reactive ketones (excluding diaryl/α,β-unsaturated/α-hetero) is 1. The van der Waals surface area contributed by atoms with Crippen LogP contribution in [-0.2, 0) is 0 Å². The zero-order valence-electron chi connectivity index (χ0n) is 5.92. The fourth-order valence-corrected chi connectivity index (χ4v) is 1.34. The molecule has 5 heteroatoms. The Morgan fingerprint density at radius 3 is 2.92 bits per heavy atom. The Balaban J connectivity index is 3.13. The van der Waals surface area contributed by atoms with E-state index < -0.39 is 0 Å². The Bertz CT molecular complexity index is 314. The maximum absolute atomic E-state index is 11.1. The smallest absolute Gasteiger partial charge is 0.221 e. The van der Waals surface area contributed by atoms with Crippen molar-refractivity contribution in [1.82, 2.24) is 4.98 Å². The van der Waals surface area contributed by atoms with E-state index in [-0.39, 0.29) is 22.6 Å². The molecule has 1 aromatic rings. The van der Waals surface area contributed by atoms with Crippen molar-refractivity contribution in [2.75, 3.05) is 5.33 Å². The molecular weight excluding hydrogens is 290 g/mol. The first-order valence-electron chi connectivity index (χ1n) is 3.09. The van der Waals surface area contributed by atoms with Crippen molar-refractivity contribution < 1.29 is 9.90 Å². The predicted molar refractivity (Wildman–Crippen MR) is 51.7 cm³/mol. The fraction of sp³-hybridized carbons (Fsp3) is 0.143. The van der Waals surface area contributed by atoms with Crippen molar-refractivity contribution in [2.45, 2.75) is 0 Å². The molecule has 0 aliphatic heterocycles. The number of hydrogen-bond acceptors (Lipinski definition) is 3. The molecule has 64 valence electrons. The SMILES string of the molecule is O=C(CBr)c1cc(Br)cnc1O. The second-order valence-corrected chi connectivity index (χ2v) is 3.56. The summed E-state index contributed by atoms with van der Waals surface area (Å²) in [5, 5.41) is 9.34. The third-order valence-electron chi connectivity index (χ3n) is 1.26. The van der Waals surface area contributed by atoms with Crippen LogP contribution in [0, 0.1) is 0 Å². The molecule has 0 aliphatic carbocycles. The van der Waals surface area contributed by atoms with Crippen molar-refractivity contribution in [2.24, 2.45) is 0 Å². The summed E-state index contributed by atoms with van der Waals surface area (Å²) < 4.78 is 0.671. The van der Waals surface area contributed by atoms with Crippen LogP contribution in [-0.4, -0.2) is 21.2 Å². The van der Waals surface area contributed by atoms with Crippen molar-refractivity contribution in [3.8, 4) is 5.88 Å². The summed E-state index contributed by atoms with van der Waals surface area (Å²) in [6.07, 6.45) is 1.43. The van der Waals surface area contributed by atoms with Crippen molar-refractivity contribution in [3.63, 3.8) is 0 Å². The molecule has 12 heavy (non-hydrogen) atoms. The van der Waals surface area contributed by atoms with Crippen LogP contribution >= 0.6 is 31.9 Å². The van der Waals surface area contributed by atoms with E-state index >= 15 is 0 Å². The minimum atomic E-state index is -0.234. The molecule has 0 saturated heterocycles. The van der Waals surface area contributed by atoms with E-state index in [1.165, 1.54) is 12.3 Å². The fourth-order valence-electron chi connectivity index (χ4n) is 0.709. The quantitative estimate of drug-likeness (QED) is 0.671. The highest BCUT2D eigenvalue weighted by Crippen LogP contribution is 2.19. The van der Waals surface area contributed by atoms with E-state index in [4.69, 9.17) is 5.11 Å². The average molecular weight is 295 g/mol. The molecule has 0 amide bonds. The van der Waals surface area contributed by atoms with Gasteiger partial charge in [0.1, 0.15) is 0 Å². The van der Waals surface area contributed by atoms with Gasteiger partial charge in [-0.2, -0.15) is 0 Å². The van der Waals surface area contributed by atoms with Crippen LogP contribution in [0.4, 0.5) is 0 Å². The highest BCUT2D eigenvalue weighted by atomic mass is 79.9. The summed E-state index contributed by atoms with van der Waals surface area (Å²) in [7, 11) is 0. The standard InChI is InChI=1S/C7H5Br2NO2/c8-2-6(11)5-1-4(9)3-10-7(5)12/h1,3H,2H2,(H,10,12). The molecule has 0 radical (unpaired) electrons. The lowest BCUT2D eigenvalue weighted by Crippen LogP contribution is -2.01. The number of carbonyl (C=O) groups is 1. The number of ketones is 1. The largest absolute Gasteiger partial charge is 0.493 e. The Kier molecular flexibility index (Phi) is 3.22. The average Bonchev–Trinajstić information content (AvgIpc) is 2.08. The van der Waals surface area contributed by atoms with Gasteiger partial charge in [-0.05, 0) is 22.0 Å². The maximum atomic E-state index is 11.1.